The molecule has 0 unspecified atom stereocenters. The molecule has 0 bridgehead atoms. The van der Waals surface area contributed by atoms with E-state index < -0.39 is 0 Å². The number of hydrogen-bond acceptors (Lipinski definition) is 4. The van der Waals surface area contributed by atoms with E-state index >= 15 is 0 Å². The highest BCUT2D eigenvalue weighted by Crippen LogP contribution is 2.49. The van der Waals surface area contributed by atoms with Crippen LogP contribution in [0.1, 0.15) is 46.1 Å². The number of fused-ring (bicyclic) bond motifs is 1. The molecule has 1 aromatic rings. The SMILES string of the molecule is CCNC(=NCC(=O)NC(C)(C)C)NCC1(c2ccc3c(c2)OCO3)CC1. The van der Waals surface area contributed by atoms with E-state index in [0.717, 1.165) is 37.4 Å². The van der Waals surface area contributed by atoms with Crippen molar-refractivity contribution in [3.63, 3.8) is 0 Å². The van der Waals surface area contributed by atoms with Gasteiger partial charge >= 0.3 is 0 Å². The second-order valence-corrected chi connectivity index (χ2v) is 8.20. The number of aliphatic imine (C=N–C) groups is 1. The molecule has 3 N–H and O–H groups in total. The summed E-state index contributed by atoms with van der Waals surface area (Å²) in [5.74, 6) is 2.20. The number of ether oxygens (including phenoxy) is 2. The van der Waals surface area contributed by atoms with Crippen molar-refractivity contribution in [3.8, 4) is 11.5 Å². The average Bonchev–Trinajstić information content (AvgIpc) is 3.24. The van der Waals surface area contributed by atoms with E-state index in [1.54, 1.807) is 0 Å². The topological polar surface area (TPSA) is 84.0 Å². The fraction of sp³-hybridized carbons (Fsp3) is 0.600. The molecule has 0 radical (unpaired) electrons. The number of benzene rings is 1. The first-order valence-corrected chi connectivity index (χ1v) is 9.55. The second-order valence-electron chi connectivity index (χ2n) is 8.20. The van der Waals surface area contributed by atoms with Crippen molar-refractivity contribution < 1.29 is 14.3 Å². The lowest BCUT2D eigenvalue weighted by molar-refractivity contribution is -0.121. The summed E-state index contributed by atoms with van der Waals surface area (Å²) < 4.78 is 10.9. The highest BCUT2D eigenvalue weighted by molar-refractivity contribution is 5.85. The van der Waals surface area contributed by atoms with Gasteiger partial charge in [0, 0.05) is 24.0 Å². The van der Waals surface area contributed by atoms with Gasteiger partial charge in [-0.05, 0) is 58.2 Å². The van der Waals surface area contributed by atoms with Crippen LogP contribution < -0.4 is 25.4 Å². The van der Waals surface area contributed by atoms with Gasteiger partial charge in [-0.2, -0.15) is 0 Å². The van der Waals surface area contributed by atoms with Crippen molar-refractivity contribution in [2.75, 3.05) is 26.4 Å². The first-order valence-electron chi connectivity index (χ1n) is 9.55. The van der Waals surface area contributed by atoms with Crippen molar-refractivity contribution >= 4 is 11.9 Å². The maximum absolute atomic E-state index is 12.0. The Hall–Kier alpha value is -2.44. The van der Waals surface area contributed by atoms with Crippen LogP contribution in [0.2, 0.25) is 0 Å². The molecule has 1 saturated carbocycles. The predicted octanol–water partition coefficient (Wildman–Crippen LogP) is 1.92. The Labute approximate surface area is 160 Å². The fourth-order valence-corrected chi connectivity index (χ4v) is 3.15. The minimum absolute atomic E-state index is 0.0865. The first kappa shape index (κ1) is 19.3. The molecule has 0 aromatic heterocycles. The number of rotatable bonds is 6. The Balaban J connectivity index is 1.60. The zero-order valence-corrected chi connectivity index (χ0v) is 16.6. The Morgan fingerprint density at radius 1 is 1.19 bits per heavy atom. The third kappa shape index (κ3) is 5.05. The summed E-state index contributed by atoms with van der Waals surface area (Å²) in [7, 11) is 0. The molecule has 7 heteroatoms. The summed E-state index contributed by atoms with van der Waals surface area (Å²) in [6.07, 6.45) is 2.23. The number of nitrogens with zero attached hydrogens (tertiary/aromatic N) is 1. The molecule has 7 nitrogen and oxygen atoms in total. The molecule has 0 saturated heterocycles. The van der Waals surface area contributed by atoms with Crippen LogP contribution in [0.25, 0.3) is 0 Å². The molecule has 0 atom stereocenters. The lowest BCUT2D eigenvalue weighted by Crippen LogP contribution is -2.44. The minimum Gasteiger partial charge on any atom is -0.454 e. The van der Waals surface area contributed by atoms with Crippen LogP contribution in [0.4, 0.5) is 0 Å². The van der Waals surface area contributed by atoms with E-state index in [9.17, 15) is 4.79 Å². The molecule has 2 aliphatic rings. The van der Waals surface area contributed by atoms with Crippen LogP contribution in [0.15, 0.2) is 23.2 Å². The number of hydrogen-bond donors (Lipinski definition) is 3. The van der Waals surface area contributed by atoms with Gasteiger partial charge in [-0.25, -0.2) is 4.99 Å². The van der Waals surface area contributed by atoms with Crippen molar-refractivity contribution in [1.29, 1.82) is 0 Å². The van der Waals surface area contributed by atoms with Gasteiger partial charge in [0.25, 0.3) is 0 Å². The van der Waals surface area contributed by atoms with E-state index in [1.807, 2.05) is 33.8 Å². The lowest BCUT2D eigenvalue weighted by atomic mass is 9.95. The largest absolute Gasteiger partial charge is 0.454 e. The summed E-state index contributed by atoms with van der Waals surface area (Å²) in [5, 5.41) is 9.53. The molecule has 1 heterocycles. The lowest BCUT2D eigenvalue weighted by Gasteiger charge is -2.21. The molecular formula is C20H30N4O3. The summed E-state index contributed by atoms with van der Waals surface area (Å²) in [6.45, 7) is 9.78. The Bertz CT molecular complexity index is 720. The third-order valence-corrected chi connectivity index (χ3v) is 4.67. The van der Waals surface area contributed by atoms with Gasteiger partial charge in [0.1, 0.15) is 6.54 Å². The van der Waals surface area contributed by atoms with Crippen LogP contribution in [0, 0.1) is 0 Å². The van der Waals surface area contributed by atoms with Crippen molar-refractivity contribution in [1.82, 2.24) is 16.0 Å². The van der Waals surface area contributed by atoms with E-state index in [-0.39, 0.29) is 30.2 Å². The van der Waals surface area contributed by atoms with Crippen LogP contribution in [0.5, 0.6) is 11.5 Å². The minimum atomic E-state index is -0.254. The second kappa shape index (κ2) is 7.66. The number of amides is 1. The van der Waals surface area contributed by atoms with Gasteiger partial charge in [0.2, 0.25) is 12.7 Å². The van der Waals surface area contributed by atoms with Gasteiger partial charge in [-0.15, -0.1) is 0 Å². The van der Waals surface area contributed by atoms with Gasteiger partial charge in [-0.3, -0.25) is 4.79 Å². The smallest absolute Gasteiger partial charge is 0.242 e. The highest BCUT2D eigenvalue weighted by Gasteiger charge is 2.44. The molecule has 0 spiro atoms. The Morgan fingerprint density at radius 2 is 1.93 bits per heavy atom. The van der Waals surface area contributed by atoms with E-state index in [2.05, 4.69) is 33.1 Å². The molecule has 1 aliphatic heterocycles. The van der Waals surface area contributed by atoms with Crippen molar-refractivity contribution in [2.24, 2.45) is 4.99 Å². The molecule has 3 rings (SSSR count). The van der Waals surface area contributed by atoms with Crippen LogP contribution in [-0.2, 0) is 10.2 Å². The molecule has 1 fully saturated rings. The molecule has 1 amide bonds. The summed E-state index contributed by atoms with van der Waals surface area (Å²) in [6, 6.07) is 6.18. The molecular weight excluding hydrogens is 344 g/mol. The molecule has 1 aliphatic carbocycles. The van der Waals surface area contributed by atoms with Crippen molar-refractivity contribution in [3.05, 3.63) is 23.8 Å². The zero-order chi connectivity index (χ0) is 19.5. The number of carbonyl (C=O) groups is 1. The van der Waals surface area contributed by atoms with Gasteiger partial charge in [-0.1, -0.05) is 6.07 Å². The van der Waals surface area contributed by atoms with E-state index in [0.29, 0.717) is 5.96 Å². The van der Waals surface area contributed by atoms with E-state index in [4.69, 9.17) is 9.47 Å². The van der Waals surface area contributed by atoms with Gasteiger partial charge < -0.3 is 25.4 Å². The third-order valence-electron chi connectivity index (χ3n) is 4.67. The van der Waals surface area contributed by atoms with Gasteiger partial charge in [0.15, 0.2) is 17.5 Å². The quantitative estimate of drug-likeness (QED) is 0.523. The summed E-state index contributed by atoms with van der Waals surface area (Å²) >= 11 is 0. The van der Waals surface area contributed by atoms with E-state index in [1.165, 1.54) is 5.56 Å². The zero-order valence-electron chi connectivity index (χ0n) is 16.6. The first-order chi connectivity index (χ1) is 12.8. The summed E-state index contributed by atoms with van der Waals surface area (Å²) in [4.78, 5) is 16.4. The normalized spacial score (nSPS) is 17.4. The van der Waals surface area contributed by atoms with Crippen LogP contribution in [0.3, 0.4) is 0 Å². The summed E-state index contributed by atoms with van der Waals surface area (Å²) in [5.41, 5.74) is 1.08. The van der Waals surface area contributed by atoms with Crippen LogP contribution in [-0.4, -0.2) is 43.8 Å². The molecule has 27 heavy (non-hydrogen) atoms. The Morgan fingerprint density at radius 3 is 2.59 bits per heavy atom. The monoisotopic (exact) mass is 374 g/mol. The molecule has 148 valence electrons. The maximum atomic E-state index is 12.0. The fourth-order valence-electron chi connectivity index (χ4n) is 3.15. The van der Waals surface area contributed by atoms with Crippen LogP contribution >= 0.6 is 0 Å². The van der Waals surface area contributed by atoms with Gasteiger partial charge in [0.05, 0.1) is 0 Å². The predicted molar refractivity (Wildman–Crippen MR) is 105 cm³/mol. The maximum Gasteiger partial charge on any atom is 0.242 e. The highest BCUT2D eigenvalue weighted by atomic mass is 16.7. The standard InChI is InChI=1S/C20H30N4O3/c1-5-21-18(22-11-17(25)24-19(2,3)4)23-12-20(8-9-20)14-6-7-15-16(10-14)27-13-26-15/h6-7,10H,5,8-9,11-13H2,1-4H3,(H,24,25)(H2,21,22,23). The van der Waals surface area contributed by atoms with Crippen molar-refractivity contribution in [2.45, 2.75) is 51.5 Å². The average molecular weight is 374 g/mol. The number of nitrogens with one attached hydrogen (secondary N) is 3. The molecule has 1 aromatic carbocycles. The number of guanidine groups is 1. The Kier molecular flexibility index (Phi) is 5.48. The number of carbonyl (C=O) groups excluding carboxylic acids is 1.